The van der Waals surface area contributed by atoms with E-state index in [1.54, 1.807) is 11.6 Å². The van der Waals surface area contributed by atoms with Gasteiger partial charge in [-0.05, 0) is 12.8 Å². The zero-order valence-corrected chi connectivity index (χ0v) is 9.94. The number of likely N-dealkylation sites (tertiary alicyclic amines) is 1. The third-order valence-electron chi connectivity index (χ3n) is 2.80. The monoisotopic (exact) mass is 255 g/mol. The maximum Gasteiger partial charge on any atom is 0.407 e. The van der Waals surface area contributed by atoms with Crippen LogP contribution in [0.2, 0.25) is 0 Å². The van der Waals surface area contributed by atoms with Crippen LogP contribution in [0.4, 0.5) is 9.93 Å². The molecule has 1 aromatic heterocycles. The molecule has 17 heavy (non-hydrogen) atoms. The number of carbonyl (C=O) groups excluding carboxylic acids is 1. The lowest BCUT2D eigenvalue weighted by atomic mass is 9.96. The Morgan fingerprint density at radius 1 is 1.47 bits per heavy atom. The highest BCUT2D eigenvalue weighted by Gasteiger charge is 2.27. The highest BCUT2D eigenvalue weighted by atomic mass is 32.1. The fraction of sp³-hybridized carbons (Fsp3) is 0.500. The number of thiazole rings is 1. The van der Waals surface area contributed by atoms with Crippen molar-refractivity contribution in [3.63, 3.8) is 0 Å². The van der Waals surface area contributed by atoms with Crippen molar-refractivity contribution in [3.8, 4) is 0 Å². The molecule has 2 rings (SSSR count). The van der Waals surface area contributed by atoms with Crippen LogP contribution < -0.4 is 5.32 Å². The van der Waals surface area contributed by atoms with E-state index in [-0.39, 0.29) is 11.8 Å². The predicted molar refractivity (Wildman–Crippen MR) is 63.1 cm³/mol. The Morgan fingerprint density at radius 3 is 2.71 bits per heavy atom. The molecule has 0 bridgehead atoms. The number of aromatic nitrogens is 1. The lowest BCUT2D eigenvalue weighted by Gasteiger charge is -2.28. The summed E-state index contributed by atoms with van der Waals surface area (Å²) in [7, 11) is 0. The number of carbonyl (C=O) groups is 2. The molecule has 0 saturated carbocycles. The van der Waals surface area contributed by atoms with Crippen LogP contribution >= 0.6 is 11.3 Å². The minimum Gasteiger partial charge on any atom is -0.465 e. The molecule has 2 amide bonds. The van der Waals surface area contributed by atoms with Gasteiger partial charge in [-0.1, -0.05) is 0 Å². The van der Waals surface area contributed by atoms with E-state index in [2.05, 4.69) is 10.3 Å². The number of anilines is 1. The topological polar surface area (TPSA) is 82.5 Å². The molecule has 0 atom stereocenters. The first-order chi connectivity index (χ1) is 8.16. The largest absolute Gasteiger partial charge is 0.465 e. The summed E-state index contributed by atoms with van der Waals surface area (Å²) in [5.74, 6) is -0.181. The van der Waals surface area contributed by atoms with Crippen LogP contribution in [0.25, 0.3) is 0 Å². The number of carboxylic acid groups (broad SMARTS) is 1. The summed E-state index contributed by atoms with van der Waals surface area (Å²) in [6.07, 6.45) is 1.86. The van der Waals surface area contributed by atoms with E-state index in [0.717, 1.165) is 0 Å². The first kappa shape index (κ1) is 11.8. The first-order valence-corrected chi connectivity index (χ1v) is 6.23. The normalized spacial score (nSPS) is 16.8. The second-order valence-electron chi connectivity index (χ2n) is 3.87. The van der Waals surface area contributed by atoms with E-state index in [4.69, 9.17) is 5.11 Å². The van der Waals surface area contributed by atoms with Gasteiger partial charge in [0.25, 0.3) is 0 Å². The van der Waals surface area contributed by atoms with Gasteiger partial charge < -0.3 is 15.3 Å². The summed E-state index contributed by atoms with van der Waals surface area (Å²) in [6.45, 7) is 0.844. The second kappa shape index (κ2) is 5.13. The number of hydrogen-bond donors (Lipinski definition) is 2. The van der Waals surface area contributed by atoms with Gasteiger partial charge in [0.2, 0.25) is 5.91 Å². The fourth-order valence-electron chi connectivity index (χ4n) is 1.83. The lowest BCUT2D eigenvalue weighted by molar-refractivity contribution is -0.121. The first-order valence-electron chi connectivity index (χ1n) is 5.35. The highest BCUT2D eigenvalue weighted by Crippen LogP contribution is 2.20. The maximum atomic E-state index is 11.8. The number of piperidine rings is 1. The van der Waals surface area contributed by atoms with Gasteiger partial charge in [0.05, 0.1) is 0 Å². The Bertz CT molecular complexity index is 399. The van der Waals surface area contributed by atoms with Gasteiger partial charge in [-0.3, -0.25) is 4.79 Å². The van der Waals surface area contributed by atoms with Gasteiger partial charge in [0, 0.05) is 30.6 Å². The van der Waals surface area contributed by atoms with Gasteiger partial charge in [-0.15, -0.1) is 11.3 Å². The van der Waals surface area contributed by atoms with E-state index < -0.39 is 6.09 Å². The van der Waals surface area contributed by atoms with Gasteiger partial charge in [-0.25, -0.2) is 9.78 Å². The van der Waals surface area contributed by atoms with Crippen molar-refractivity contribution in [2.45, 2.75) is 12.8 Å². The van der Waals surface area contributed by atoms with Crippen molar-refractivity contribution >= 4 is 28.5 Å². The zero-order chi connectivity index (χ0) is 12.3. The average Bonchev–Trinajstić information content (AvgIpc) is 2.82. The lowest BCUT2D eigenvalue weighted by Crippen LogP contribution is -2.40. The van der Waals surface area contributed by atoms with Crippen LogP contribution in [0, 0.1) is 5.92 Å². The molecule has 0 aromatic carbocycles. The molecule has 0 radical (unpaired) electrons. The third-order valence-corrected chi connectivity index (χ3v) is 3.49. The van der Waals surface area contributed by atoms with Crippen molar-refractivity contribution in [2.75, 3.05) is 18.4 Å². The van der Waals surface area contributed by atoms with Crippen molar-refractivity contribution in [1.29, 1.82) is 0 Å². The second-order valence-corrected chi connectivity index (χ2v) is 4.76. The predicted octanol–water partition coefficient (Wildman–Crippen LogP) is 1.47. The van der Waals surface area contributed by atoms with Crippen LogP contribution in [0.5, 0.6) is 0 Å². The highest BCUT2D eigenvalue weighted by molar-refractivity contribution is 7.13. The van der Waals surface area contributed by atoms with Crippen LogP contribution in [0.3, 0.4) is 0 Å². The summed E-state index contributed by atoms with van der Waals surface area (Å²) >= 11 is 1.37. The van der Waals surface area contributed by atoms with Crippen molar-refractivity contribution in [1.82, 2.24) is 9.88 Å². The molecule has 6 nitrogen and oxygen atoms in total. The summed E-state index contributed by atoms with van der Waals surface area (Å²) in [5.41, 5.74) is 0. The average molecular weight is 255 g/mol. The molecule has 1 aliphatic heterocycles. The molecule has 92 valence electrons. The van der Waals surface area contributed by atoms with Crippen molar-refractivity contribution in [2.24, 2.45) is 5.92 Å². The number of hydrogen-bond acceptors (Lipinski definition) is 4. The molecule has 1 saturated heterocycles. The Morgan fingerprint density at radius 2 is 2.18 bits per heavy atom. The number of amides is 2. The summed E-state index contributed by atoms with van der Waals surface area (Å²) in [5, 5.41) is 13.9. The van der Waals surface area contributed by atoms with Crippen LogP contribution in [-0.2, 0) is 4.79 Å². The standard InChI is InChI=1S/C10H13N3O3S/c14-8(12-9-11-3-6-17-9)7-1-4-13(5-2-7)10(15)16/h3,6-7H,1-2,4-5H2,(H,15,16)(H,11,12,14). The van der Waals surface area contributed by atoms with Gasteiger partial charge in [0.1, 0.15) is 0 Å². The summed E-state index contributed by atoms with van der Waals surface area (Å²) < 4.78 is 0. The molecular formula is C10H13N3O3S. The van der Waals surface area contributed by atoms with Gasteiger partial charge in [-0.2, -0.15) is 0 Å². The minimum atomic E-state index is -0.913. The van der Waals surface area contributed by atoms with E-state index in [9.17, 15) is 9.59 Å². The van der Waals surface area contributed by atoms with E-state index in [0.29, 0.717) is 31.1 Å². The minimum absolute atomic E-state index is 0.0648. The molecule has 7 heteroatoms. The molecule has 0 unspecified atom stereocenters. The van der Waals surface area contributed by atoms with Gasteiger partial charge in [0.15, 0.2) is 5.13 Å². The Labute approximate surface area is 102 Å². The SMILES string of the molecule is O=C(Nc1nccs1)C1CCN(C(=O)O)CC1. The quantitative estimate of drug-likeness (QED) is 0.838. The number of nitrogens with zero attached hydrogens (tertiary/aromatic N) is 2. The van der Waals surface area contributed by atoms with Crippen LogP contribution in [0.1, 0.15) is 12.8 Å². The third kappa shape index (κ3) is 2.94. The Kier molecular flexibility index (Phi) is 3.58. The summed E-state index contributed by atoms with van der Waals surface area (Å²) in [4.78, 5) is 27.9. The van der Waals surface area contributed by atoms with Crippen molar-refractivity contribution in [3.05, 3.63) is 11.6 Å². The number of nitrogens with one attached hydrogen (secondary N) is 1. The molecular weight excluding hydrogens is 242 g/mol. The molecule has 1 fully saturated rings. The van der Waals surface area contributed by atoms with E-state index in [1.165, 1.54) is 16.2 Å². The van der Waals surface area contributed by atoms with Gasteiger partial charge >= 0.3 is 6.09 Å². The molecule has 0 aliphatic carbocycles. The maximum absolute atomic E-state index is 11.8. The number of rotatable bonds is 2. The van der Waals surface area contributed by atoms with E-state index in [1.807, 2.05) is 0 Å². The molecule has 0 spiro atoms. The molecule has 2 N–H and O–H groups in total. The van der Waals surface area contributed by atoms with Crippen molar-refractivity contribution < 1.29 is 14.7 Å². The Hall–Kier alpha value is -1.63. The zero-order valence-electron chi connectivity index (χ0n) is 9.13. The Balaban J connectivity index is 1.84. The molecule has 2 heterocycles. The molecule has 1 aliphatic rings. The van der Waals surface area contributed by atoms with Crippen LogP contribution in [0.15, 0.2) is 11.6 Å². The molecule has 1 aromatic rings. The summed E-state index contributed by atoms with van der Waals surface area (Å²) in [6, 6.07) is 0. The van der Waals surface area contributed by atoms with E-state index >= 15 is 0 Å². The fourth-order valence-corrected chi connectivity index (χ4v) is 2.36. The van der Waals surface area contributed by atoms with Crippen LogP contribution in [-0.4, -0.2) is 40.1 Å². The smallest absolute Gasteiger partial charge is 0.407 e.